The average molecular weight is 808 g/mol. The minimum atomic E-state index is -5.51. The molecule has 1 aromatic heterocycles. The minimum absolute atomic E-state index is 0.109. The second-order valence-electron chi connectivity index (χ2n) is 15.8. The van der Waals surface area contributed by atoms with Crippen LogP contribution in [0.15, 0.2) is 42.7 Å². The predicted octanol–water partition coefficient (Wildman–Crippen LogP) is 5.57. The predicted molar refractivity (Wildman–Crippen MR) is 199 cm³/mol. The zero-order valence-corrected chi connectivity index (χ0v) is 33.5. The van der Waals surface area contributed by atoms with Crippen LogP contribution in [0.3, 0.4) is 0 Å². The summed E-state index contributed by atoms with van der Waals surface area (Å²) in [5, 5.41) is 12.3. The van der Waals surface area contributed by atoms with E-state index in [1.165, 1.54) is 59.8 Å². The third-order valence-electron chi connectivity index (χ3n) is 9.30. The molecule has 3 heterocycles. The van der Waals surface area contributed by atoms with Gasteiger partial charge in [0.1, 0.15) is 12.1 Å². The summed E-state index contributed by atoms with van der Waals surface area (Å²) in [7, 11) is -5.51. The number of fused-ring (bicyclic) bond motifs is 1. The number of alkyl halides is 2. The minimum Gasteiger partial charge on any atom is -0.438 e. The van der Waals surface area contributed by atoms with Crippen LogP contribution in [0, 0.1) is 10.8 Å². The Kier molecular flexibility index (Phi) is 14.7. The van der Waals surface area contributed by atoms with E-state index in [1.54, 1.807) is 17.3 Å². The van der Waals surface area contributed by atoms with Gasteiger partial charge in [-0.25, -0.2) is 0 Å². The summed E-state index contributed by atoms with van der Waals surface area (Å²) in [5.41, 5.74) is -5.88. The van der Waals surface area contributed by atoms with Crippen LogP contribution < -0.4 is 10.6 Å². The quantitative estimate of drug-likeness (QED) is 0.0882. The summed E-state index contributed by atoms with van der Waals surface area (Å²) in [5.74, 6) is -2.79. The molecule has 3 unspecified atom stereocenters. The molecule has 0 saturated carbocycles. The maximum atomic E-state index is 15.9. The molecule has 0 bridgehead atoms. The van der Waals surface area contributed by atoms with Gasteiger partial charge in [0.2, 0.25) is 31.3 Å². The molecule has 56 heavy (non-hydrogen) atoms. The summed E-state index contributed by atoms with van der Waals surface area (Å²) in [4.78, 5) is 66.0. The van der Waals surface area contributed by atoms with Crippen molar-refractivity contribution in [1.82, 2.24) is 25.7 Å². The van der Waals surface area contributed by atoms with E-state index in [2.05, 4.69) is 20.8 Å². The lowest BCUT2D eigenvalue weighted by molar-refractivity contribution is -0.163. The Labute approximate surface area is 325 Å². The number of aromatic amines is 1. The van der Waals surface area contributed by atoms with Crippen LogP contribution in [0.5, 0.6) is 0 Å². The first kappa shape index (κ1) is 44.2. The van der Waals surface area contributed by atoms with E-state index in [0.717, 1.165) is 36.6 Å². The molecule has 1 aromatic carbocycles. The number of nitrogens with zero attached hydrogens (tertiary/aromatic N) is 2. The maximum absolute atomic E-state index is 15.9. The molecule has 3 N–H and O–H groups in total. The number of hydrogen-bond acceptors (Lipinski definition) is 11. The van der Waals surface area contributed by atoms with Crippen LogP contribution in [0.4, 0.5) is 8.78 Å². The molecule has 3 atom stereocenters. The molecule has 15 nitrogen and oxygen atoms in total. The molecule has 2 aliphatic heterocycles. The first-order chi connectivity index (χ1) is 26.2. The number of ether oxygens (including phenoxy) is 2. The molecule has 18 heteroatoms. The lowest BCUT2D eigenvalue weighted by Gasteiger charge is -2.35. The van der Waals surface area contributed by atoms with Gasteiger partial charge < -0.3 is 25.0 Å². The van der Waals surface area contributed by atoms with Crippen molar-refractivity contribution >= 4 is 43.3 Å². The second-order valence-corrected chi connectivity index (χ2v) is 17.9. The zero-order chi connectivity index (χ0) is 41.3. The molecule has 308 valence electrons. The topological polar surface area (TPSA) is 195 Å². The van der Waals surface area contributed by atoms with E-state index in [9.17, 15) is 28.5 Å². The van der Waals surface area contributed by atoms with Crippen LogP contribution in [-0.2, 0) is 59.1 Å². The Balaban J connectivity index is 1.40. The van der Waals surface area contributed by atoms with Crippen LogP contribution in [0.1, 0.15) is 96.8 Å². The van der Waals surface area contributed by atoms with Crippen LogP contribution in [0.2, 0.25) is 0 Å². The molecule has 2 aromatic rings. The van der Waals surface area contributed by atoms with E-state index in [-0.39, 0.29) is 17.9 Å². The smallest absolute Gasteiger partial charge is 0.410 e. The molecule has 0 spiro atoms. The van der Waals surface area contributed by atoms with Crippen molar-refractivity contribution in [3.63, 3.8) is 0 Å². The van der Waals surface area contributed by atoms with Gasteiger partial charge in [-0.1, -0.05) is 37.1 Å². The highest BCUT2D eigenvalue weighted by atomic mass is 31.2. The number of halogens is 2. The molecule has 3 amide bonds. The normalized spacial score (nSPS) is 19.5. The van der Waals surface area contributed by atoms with E-state index < -0.39 is 73.2 Å². The van der Waals surface area contributed by atoms with Gasteiger partial charge in [-0.2, -0.15) is 13.9 Å². The Hall–Kier alpha value is -4.47. The largest absolute Gasteiger partial charge is 0.438 e. The van der Waals surface area contributed by atoms with Crippen molar-refractivity contribution in [3.05, 3.63) is 59.4 Å². The fraction of sp³-hybridized carbons (Fsp3) is 0.579. The monoisotopic (exact) mass is 807 g/mol. The summed E-state index contributed by atoms with van der Waals surface area (Å²) in [6, 6.07) is 2.75. The van der Waals surface area contributed by atoms with Gasteiger partial charge in [-0.15, -0.1) is 0 Å². The van der Waals surface area contributed by atoms with Crippen molar-refractivity contribution in [2.24, 2.45) is 10.8 Å². The van der Waals surface area contributed by atoms with Gasteiger partial charge in [0.05, 0.1) is 17.0 Å². The Morgan fingerprint density at radius 1 is 0.929 bits per heavy atom. The number of nitrogens with one attached hydrogen (secondary N) is 3. The van der Waals surface area contributed by atoms with Crippen LogP contribution in [0.25, 0.3) is 6.08 Å². The highest BCUT2D eigenvalue weighted by molar-refractivity contribution is 7.54. The third-order valence-corrected chi connectivity index (χ3v) is 11.1. The van der Waals surface area contributed by atoms with Gasteiger partial charge in [0.15, 0.2) is 0 Å². The highest BCUT2D eigenvalue weighted by Crippen LogP contribution is 2.67. The number of H-pyrrole nitrogens is 1. The van der Waals surface area contributed by atoms with Crippen molar-refractivity contribution in [1.29, 1.82) is 0 Å². The number of amides is 3. The summed E-state index contributed by atoms with van der Waals surface area (Å²) >= 11 is 0. The summed E-state index contributed by atoms with van der Waals surface area (Å²) in [6.07, 6.45) is 10.4. The highest BCUT2D eigenvalue weighted by Gasteiger charge is 2.56. The lowest BCUT2D eigenvalue weighted by atomic mass is 9.98. The number of benzene rings is 1. The molecular weight excluding hydrogens is 755 g/mol. The number of esters is 2. The van der Waals surface area contributed by atoms with Crippen molar-refractivity contribution in [2.45, 2.75) is 110 Å². The maximum Gasteiger partial charge on any atom is 0.410 e. The van der Waals surface area contributed by atoms with Gasteiger partial charge >= 0.3 is 25.2 Å². The number of aromatic nitrogens is 2. The molecule has 2 saturated heterocycles. The van der Waals surface area contributed by atoms with E-state index in [4.69, 9.17) is 18.5 Å². The number of rotatable bonds is 15. The average Bonchev–Trinajstić information content (AvgIpc) is 3.80. The number of carbonyl (C=O) groups is 5. The Bertz CT molecular complexity index is 1740. The lowest BCUT2D eigenvalue weighted by Crippen LogP contribution is -2.56. The molecule has 0 aliphatic carbocycles. The van der Waals surface area contributed by atoms with Gasteiger partial charge in [-0.05, 0) is 90.8 Å². The van der Waals surface area contributed by atoms with Crippen molar-refractivity contribution in [2.75, 3.05) is 20.1 Å². The Morgan fingerprint density at radius 3 is 2.11 bits per heavy atom. The zero-order valence-electron chi connectivity index (χ0n) is 32.6. The standard InChI is InChI=1S/C38H52F2N5O10P/c1-36(2,3)34(49)52-23-54-56(51,55-24-53-35(50)37(4,5)6)38(39,40)27-14-11-25(12-15-27)13-18-31(46)44-29-10-8-7-9-28-16-17-30(45(28)33(29)48)32(47)41-20-19-26-21-42-43-22-26/h11-15,18,21-22,28-30H,7-10,16-17,19-20,23-24H2,1-6H3,(H,41,47)(H,42,43)(H,44,46)/b18-13+. The third kappa shape index (κ3) is 11.5. The summed E-state index contributed by atoms with van der Waals surface area (Å²) < 4.78 is 64.9. The second kappa shape index (κ2) is 18.6. The van der Waals surface area contributed by atoms with E-state index in [1.807, 2.05) is 0 Å². The van der Waals surface area contributed by atoms with Crippen LogP contribution >= 0.6 is 7.60 Å². The molecule has 4 rings (SSSR count). The molecule has 2 fully saturated rings. The number of carbonyl (C=O) groups excluding carboxylic acids is 5. The van der Waals surface area contributed by atoms with Crippen molar-refractivity contribution in [3.8, 4) is 0 Å². The summed E-state index contributed by atoms with van der Waals surface area (Å²) in [6.45, 7) is 7.27. The van der Waals surface area contributed by atoms with E-state index >= 15 is 8.78 Å². The first-order valence-corrected chi connectivity index (χ1v) is 20.1. The fourth-order valence-corrected chi connectivity index (χ4v) is 7.31. The van der Waals surface area contributed by atoms with Crippen molar-refractivity contribution < 1.29 is 55.8 Å². The first-order valence-electron chi connectivity index (χ1n) is 18.5. The molecule has 2 aliphatic rings. The van der Waals surface area contributed by atoms with E-state index in [0.29, 0.717) is 44.2 Å². The fourth-order valence-electron chi connectivity index (χ4n) is 6.06. The molecular formula is C38H52F2N5O10P. The van der Waals surface area contributed by atoms with Gasteiger partial charge in [0.25, 0.3) is 0 Å². The SMILES string of the molecule is CC(C)(C)C(=O)OCOP(=O)(OCOC(=O)C(C)(C)C)C(F)(F)c1ccc(/C=C/C(=O)NC2CCCCC3CCC(C(=O)NCCc4cn[nH]c4)N3C2=O)cc1. The number of hydrogen-bond donors (Lipinski definition) is 3. The van der Waals surface area contributed by atoms with Gasteiger partial charge in [-0.3, -0.25) is 42.7 Å². The van der Waals surface area contributed by atoms with Gasteiger partial charge in [0, 0.05) is 30.4 Å². The Morgan fingerprint density at radius 2 is 1.54 bits per heavy atom. The molecule has 0 radical (unpaired) electrons. The van der Waals surface area contributed by atoms with Crippen LogP contribution in [-0.4, -0.2) is 83.0 Å².